The van der Waals surface area contributed by atoms with Crippen molar-refractivity contribution in [3.05, 3.63) is 24.3 Å². The van der Waals surface area contributed by atoms with Crippen LogP contribution in [-0.2, 0) is 14.3 Å². The topological polar surface area (TPSA) is 87.9 Å². The Balaban J connectivity index is 1.65. The highest BCUT2D eigenvalue weighted by Gasteiger charge is 2.35. The zero-order valence-corrected chi connectivity index (χ0v) is 15.7. The summed E-state index contributed by atoms with van der Waals surface area (Å²) in [6.45, 7) is 0.512. The van der Waals surface area contributed by atoms with Gasteiger partial charge < -0.3 is 20.7 Å². The van der Waals surface area contributed by atoms with Crippen molar-refractivity contribution in [3.8, 4) is 0 Å². The summed E-state index contributed by atoms with van der Waals surface area (Å²) in [5.41, 5.74) is 7.00. The molecule has 2 fully saturated rings. The van der Waals surface area contributed by atoms with Crippen LogP contribution in [-0.4, -0.2) is 68.1 Å². The van der Waals surface area contributed by atoms with Crippen molar-refractivity contribution in [2.45, 2.75) is 37.8 Å². The number of benzene rings is 1. The van der Waals surface area contributed by atoms with Crippen LogP contribution in [0.3, 0.4) is 0 Å². The Morgan fingerprint density at radius 1 is 1.32 bits per heavy atom. The molecule has 1 aromatic rings. The molecule has 7 nitrogen and oxygen atoms in total. The molecule has 0 unspecified atom stereocenters. The molecule has 3 rings (SSSR count). The summed E-state index contributed by atoms with van der Waals surface area (Å²) >= 11 is 0. The lowest BCUT2D eigenvalue weighted by Gasteiger charge is -2.41. The third-order valence-corrected chi connectivity index (χ3v) is 5.25. The van der Waals surface area contributed by atoms with E-state index in [9.17, 15) is 18.4 Å². The molecular weight excluding hydrogens is 370 g/mol. The highest BCUT2D eigenvalue weighted by Crippen LogP contribution is 2.27. The molecule has 1 aromatic carbocycles. The number of nitrogens with one attached hydrogen (secondary N) is 1. The maximum Gasteiger partial charge on any atom is 0.253 e. The van der Waals surface area contributed by atoms with Gasteiger partial charge in [-0.05, 0) is 37.1 Å². The van der Waals surface area contributed by atoms with Crippen molar-refractivity contribution in [2.75, 3.05) is 43.1 Å². The van der Waals surface area contributed by atoms with Crippen LogP contribution in [0.1, 0.15) is 19.3 Å². The van der Waals surface area contributed by atoms with Gasteiger partial charge in [0, 0.05) is 30.5 Å². The van der Waals surface area contributed by atoms with E-state index in [0.717, 1.165) is 24.9 Å². The average Bonchev–Trinajstić information content (AvgIpc) is 2.61. The number of carbonyl (C=O) groups is 2. The predicted octanol–water partition coefficient (Wildman–Crippen LogP) is 1.44. The summed E-state index contributed by atoms with van der Waals surface area (Å²) in [5.74, 6) is -0.514. The predicted molar refractivity (Wildman–Crippen MR) is 101 cm³/mol. The van der Waals surface area contributed by atoms with Crippen molar-refractivity contribution < 1.29 is 23.1 Å². The van der Waals surface area contributed by atoms with Crippen molar-refractivity contribution >= 4 is 23.2 Å². The molecule has 1 saturated heterocycles. The highest BCUT2D eigenvalue weighted by atomic mass is 19.3. The zero-order valence-electron chi connectivity index (χ0n) is 15.7. The van der Waals surface area contributed by atoms with E-state index < -0.39 is 24.9 Å². The van der Waals surface area contributed by atoms with Crippen LogP contribution < -0.4 is 16.0 Å². The van der Waals surface area contributed by atoms with Crippen LogP contribution in [0.15, 0.2) is 24.3 Å². The smallest absolute Gasteiger partial charge is 0.253 e. The number of alkyl halides is 2. The summed E-state index contributed by atoms with van der Waals surface area (Å²) in [7, 11) is 0. The molecule has 154 valence electrons. The van der Waals surface area contributed by atoms with Crippen LogP contribution in [0, 0.1) is 0 Å². The number of anilines is 2. The van der Waals surface area contributed by atoms with Gasteiger partial charge in [0.15, 0.2) is 0 Å². The Hall–Kier alpha value is -2.10. The average molecular weight is 396 g/mol. The SMILES string of the molecule is NC[C@H](C(=O)Nc1ccc(N2CCOCC2=O)cc1)N(CC(F)F)C1CCC1. The summed E-state index contributed by atoms with van der Waals surface area (Å²) in [6, 6.07) is 6.01. The minimum atomic E-state index is -2.52. The van der Waals surface area contributed by atoms with Gasteiger partial charge in [0.25, 0.3) is 12.3 Å². The van der Waals surface area contributed by atoms with Gasteiger partial charge in [0.1, 0.15) is 12.6 Å². The van der Waals surface area contributed by atoms with Crippen molar-refractivity contribution in [2.24, 2.45) is 5.73 Å². The molecule has 2 aliphatic rings. The van der Waals surface area contributed by atoms with Gasteiger partial charge in [0.2, 0.25) is 5.91 Å². The third-order valence-electron chi connectivity index (χ3n) is 5.25. The molecule has 1 aliphatic carbocycles. The molecule has 1 saturated carbocycles. The fraction of sp³-hybridized carbons (Fsp3) is 0.579. The standard InChI is InChI=1S/C19H26F2N4O3/c20-17(21)11-25(14-2-1-3-14)16(10-22)19(27)23-13-4-6-15(7-5-13)24-8-9-28-12-18(24)26/h4-7,14,16-17H,1-3,8-12,22H2,(H,23,27)/t16-/m1/s1. The molecular formula is C19H26F2N4O3. The lowest BCUT2D eigenvalue weighted by Crippen LogP contribution is -2.56. The molecule has 1 heterocycles. The summed E-state index contributed by atoms with van der Waals surface area (Å²) < 4.78 is 31.1. The molecule has 28 heavy (non-hydrogen) atoms. The monoisotopic (exact) mass is 396 g/mol. The van der Waals surface area contributed by atoms with E-state index in [0.29, 0.717) is 18.8 Å². The van der Waals surface area contributed by atoms with Crippen LogP contribution in [0.2, 0.25) is 0 Å². The fourth-order valence-corrected chi connectivity index (χ4v) is 3.54. The first-order chi connectivity index (χ1) is 13.5. The van der Waals surface area contributed by atoms with Crippen LogP contribution in [0.4, 0.5) is 20.2 Å². The molecule has 0 spiro atoms. The number of halogens is 2. The van der Waals surface area contributed by atoms with Crippen LogP contribution in [0.5, 0.6) is 0 Å². The number of amides is 2. The summed E-state index contributed by atoms with van der Waals surface area (Å²) in [4.78, 5) is 27.7. The van der Waals surface area contributed by atoms with Gasteiger partial charge in [-0.25, -0.2) is 8.78 Å². The minimum absolute atomic E-state index is 0.0250. The molecule has 0 aromatic heterocycles. The fourth-order valence-electron chi connectivity index (χ4n) is 3.54. The first-order valence-electron chi connectivity index (χ1n) is 9.52. The summed E-state index contributed by atoms with van der Waals surface area (Å²) in [5, 5.41) is 2.76. The van der Waals surface area contributed by atoms with Gasteiger partial charge in [0.05, 0.1) is 13.2 Å². The number of carbonyl (C=O) groups excluding carboxylic acids is 2. The Morgan fingerprint density at radius 3 is 2.57 bits per heavy atom. The maximum absolute atomic E-state index is 13.0. The number of nitrogens with two attached hydrogens (primary N) is 1. The molecule has 1 aliphatic heterocycles. The van der Waals surface area contributed by atoms with Gasteiger partial charge in [-0.3, -0.25) is 14.5 Å². The van der Waals surface area contributed by atoms with E-state index in [1.807, 2.05) is 0 Å². The third kappa shape index (κ3) is 4.84. The lowest BCUT2D eigenvalue weighted by atomic mass is 9.90. The molecule has 9 heteroatoms. The number of ether oxygens (including phenoxy) is 1. The number of rotatable bonds is 8. The van der Waals surface area contributed by atoms with E-state index in [4.69, 9.17) is 10.5 Å². The maximum atomic E-state index is 13.0. The van der Waals surface area contributed by atoms with Gasteiger partial charge in [-0.2, -0.15) is 0 Å². The lowest BCUT2D eigenvalue weighted by molar-refractivity contribution is -0.126. The van der Waals surface area contributed by atoms with E-state index in [1.54, 1.807) is 29.2 Å². The summed E-state index contributed by atoms with van der Waals surface area (Å²) in [6.07, 6.45) is 0.0653. The Labute approximate surface area is 162 Å². The van der Waals surface area contributed by atoms with Crippen LogP contribution >= 0.6 is 0 Å². The Kier molecular flexibility index (Phi) is 6.93. The van der Waals surface area contributed by atoms with E-state index >= 15 is 0 Å². The van der Waals surface area contributed by atoms with Gasteiger partial charge >= 0.3 is 0 Å². The molecule has 2 amide bonds. The van der Waals surface area contributed by atoms with Crippen LogP contribution in [0.25, 0.3) is 0 Å². The quantitative estimate of drug-likeness (QED) is 0.694. The second-order valence-corrected chi connectivity index (χ2v) is 7.06. The minimum Gasteiger partial charge on any atom is -0.370 e. The largest absolute Gasteiger partial charge is 0.370 e. The van der Waals surface area contributed by atoms with Gasteiger partial charge in [-0.15, -0.1) is 0 Å². The first kappa shape index (κ1) is 20.6. The zero-order chi connectivity index (χ0) is 20.1. The highest BCUT2D eigenvalue weighted by molar-refractivity contribution is 5.97. The second-order valence-electron chi connectivity index (χ2n) is 7.06. The molecule has 0 bridgehead atoms. The van der Waals surface area contributed by atoms with Crippen molar-refractivity contribution in [3.63, 3.8) is 0 Å². The Morgan fingerprint density at radius 2 is 2.04 bits per heavy atom. The molecule has 0 radical (unpaired) electrons. The number of nitrogens with zero attached hydrogens (tertiary/aromatic N) is 2. The molecule has 3 N–H and O–H groups in total. The molecule has 1 atom stereocenters. The van der Waals surface area contributed by atoms with Crippen molar-refractivity contribution in [1.29, 1.82) is 0 Å². The second kappa shape index (κ2) is 9.40. The van der Waals surface area contributed by atoms with E-state index in [-0.39, 0.29) is 25.1 Å². The first-order valence-corrected chi connectivity index (χ1v) is 9.52. The number of hydrogen-bond donors (Lipinski definition) is 2. The number of hydrogen-bond acceptors (Lipinski definition) is 5. The normalized spacial score (nSPS) is 19.0. The van der Waals surface area contributed by atoms with Crippen molar-refractivity contribution in [1.82, 2.24) is 4.90 Å². The van der Waals surface area contributed by atoms with E-state index in [2.05, 4.69) is 5.32 Å². The number of morpholine rings is 1. The van der Waals surface area contributed by atoms with E-state index in [1.165, 1.54) is 4.90 Å². The Bertz CT molecular complexity index is 682. The van der Waals surface area contributed by atoms with Gasteiger partial charge in [-0.1, -0.05) is 6.42 Å².